The third kappa shape index (κ3) is 5.63. The number of hydrogen-bond donors (Lipinski definition) is 2. The number of carbonyl (C=O) groups excluding carboxylic acids is 2. The van der Waals surface area contributed by atoms with Crippen molar-refractivity contribution in [2.24, 2.45) is 10.2 Å². The maximum atomic E-state index is 12.5. The van der Waals surface area contributed by atoms with Gasteiger partial charge >= 0.3 is 0 Å². The summed E-state index contributed by atoms with van der Waals surface area (Å²) in [4.78, 5) is 24.6. The van der Waals surface area contributed by atoms with Crippen molar-refractivity contribution < 1.29 is 19.1 Å². The highest BCUT2D eigenvalue weighted by Crippen LogP contribution is 2.36. The Hall–Kier alpha value is -2.26. The topological polar surface area (TPSA) is 101 Å². The Kier molecular flexibility index (Phi) is 7.38. The minimum atomic E-state index is -0.569. The van der Waals surface area contributed by atoms with Crippen LogP contribution in [0, 0.1) is 0 Å². The molecule has 8 nitrogen and oxygen atoms in total. The van der Waals surface area contributed by atoms with Crippen molar-refractivity contribution in [1.29, 1.82) is 0 Å². The summed E-state index contributed by atoms with van der Waals surface area (Å²) in [6, 6.07) is 3.14. The molecule has 1 heterocycles. The van der Waals surface area contributed by atoms with Gasteiger partial charge in [-0.3, -0.25) is 9.59 Å². The van der Waals surface area contributed by atoms with Crippen LogP contribution in [0.25, 0.3) is 0 Å². The van der Waals surface area contributed by atoms with E-state index in [4.69, 9.17) is 21.1 Å². The largest absolute Gasteiger partial charge is 0.495 e. The maximum Gasteiger partial charge on any atom is 0.240 e. The van der Waals surface area contributed by atoms with Crippen LogP contribution in [0.1, 0.15) is 38.5 Å². The molecule has 10 heteroatoms. The van der Waals surface area contributed by atoms with Crippen LogP contribution in [0.15, 0.2) is 22.3 Å². The number of nitrogens with one attached hydrogen (secondary N) is 2. The van der Waals surface area contributed by atoms with Crippen LogP contribution >= 0.6 is 23.4 Å². The normalized spacial score (nSPS) is 20.4. The second-order valence-electron chi connectivity index (χ2n) is 6.67. The maximum absolute atomic E-state index is 12.5. The van der Waals surface area contributed by atoms with Gasteiger partial charge in [0.2, 0.25) is 11.8 Å². The summed E-state index contributed by atoms with van der Waals surface area (Å²) in [6.45, 7) is 0. The number of thioether (sulfide) groups is 1. The number of methoxy groups -OCH3 is 2. The summed E-state index contributed by atoms with van der Waals surface area (Å²) in [5, 5.41) is 14.0. The van der Waals surface area contributed by atoms with Gasteiger partial charge in [0.25, 0.3) is 0 Å². The fraction of sp³-hybridized carbons (Fsp3) is 0.474. The number of carbonyl (C=O) groups is 2. The molecule has 2 amide bonds. The second-order valence-corrected chi connectivity index (χ2v) is 8.27. The molecule has 156 valence electrons. The standard InChI is InChI=1S/C19H23ClN4O4S/c1-27-14-9-15(28-2)13(8-12(14)20)21-17(25)10-16-18(26)22-19(29-16)24-23-11-6-4-3-5-7-11/h8-9,16H,3-7,10H2,1-2H3,(H,21,25)(H,22,24,26)/t16-/m0/s1. The van der Waals surface area contributed by atoms with Crippen molar-refractivity contribution in [3.63, 3.8) is 0 Å². The number of anilines is 1. The summed E-state index contributed by atoms with van der Waals surface area (Å²) < 4.78 is 10.4. The minimum Gasteiger partial charge on any atom is -0.495 e. The van der Waals surface area contributed by atoms with E-state index in [1.54, 1.807) is 12.1 Å². The van der Waals surface area contributed by atoms with Crippen molar-refractivity contribution in [2.75, 3.05) is 19.5 Å². The second kappa shape index (κ2) is 9.98. The zero-order chi connectivity index (χ0) is 20.8. The average Bonchev–Trinajstić information content (AvgIpc) is 3.06. The molecule has 0 unspecified atom stereocenters. The molecule has 1 atom stereocenters. The Morgan fingerprint density at radius 2 is 1.93 bits per heavy atom. The quantitative estimate of drug-likeness (QED) is 0.661. The molecule has 2 aliphatic rings. The third-order valence-electron chi connectivity index (χ3n) is 4.61. The van der Waals surface area contributed by atoms with Crippen LogP contribution < -0.4 is 20.1 Å². The molecule has 2 N–H and O–H groups in total. The van der Waals surface area contributed by atoms with E-state index in [1.165, 1.54) is 32.4 Å². The van der Waals surface area contributed by atoms with Gasteiger partial charge in [-0.05, 0) is 31.7 Å². The Morgan fingerprint density at radius 3 is 2.62 bits per heavy atom. The van der Waals surface area contributed by atoms with Crippen LogP contribution in [0.5, 0.6) is 11.5 Å². The number of ether oxygens (including phenoxy) is 2. The molecule has 0 aromatic heterocycles. The first kappa shape index (κ1) is 21.4. The first-order valence-electron chi connectivity index (χ1n) is 9.32. The van der Waals surface area contributed by atoms with E-state index in [2.05, 4.69) is 20.8 Å². The first-order valence-corrected chi connectivity index (χ1v) is 10.6. The van der Waals surface area contributed by atoms with E-state index in [0.717, 1.165) is 31.4 Å². The highest BCUT2D eigenvalue weighted by atomic mass is 35.5. The number of halogens is 1. The summed E-state index contributed by atoms with van der Waals surface area (Å²) >= 11 is 7.33. The fourth-order valence-electron chi connectivity index (χ4n) is 3.09. The summed E-state index contributed by atoms with van der Waals surface area (Å²) in [5.41, 5.74) is 1.47. The molecule has 1 aliphatic heterocycles. The van der Waals surface area contributed by atoms with Gasteiger partial charge in [0, 0.05) is 18.2 Å². The number of hydrogen-bond acceptors (Lipinski definition) is 7. The van der Waals surface area contributed by atoms with Crippen molar-refractivity contribution in [2.45, 2.75) is 43.8 Å². The van der Waals surface area contributed by atoms with Crippen LogP contribution in [0.3, 0.4) is 0 Å². The Morgan fingerprint density at radius 1 is 1.21 bits per heavy atom. The highest BCUT2D eigenvalue weighted by Gasteiger charge is 2.32. The van der Waals surface area contributed by atoms with Crippen molar-refractivity contribution in [1.82, 2.24) is 5.32 Å². The molecule has 1 aliphatic carbocycles. The lowest BCUT2D eigenvalue weighted by atomic mass is 9.99. The molecule has 1 aromatic carbocycles. The van der Waals surface area contributed by atoms with E-state index >= 15 is 0 Å². The van der Waals surface area contributed by atoms with Gasteiger partial charge in [-0.1, -0.05) is 29.8 Å². The Bertz CT molecular complexity index is 851. The summed E-state index contributed by atoms with van der Waals surface area (Å²) in [6.07, 6.45) is 5.37. The van der Waals surface area contributed by atoms with Gasteiger partial charge < -0.3 is 20.1 Å². The Balaban J connectivity index is 1.61. The average molecular weight is 439 g/mol. The van der Waals surface area contributed by atoms with Gasteiger partial charge in [-0.25, -0.2) is 0 Å². The van der Waals surface area contributed by atoms with Gasteiger partial charge in [-0.15, -0.1) is 5.10 Å². The van der Waals surface area contributed by atoms with E-state index in [1.807, 2.05) is 0 Å². The zero-order valence-corrected chi connectivity index (χ0v) is 17.9. The van der Waals surface area contributed by atoms with Gasteiger partial charge in [0.1, 0.15) is 16.7 Å². The van der Waals surface area contributed by atoms with Crippen LogP contribution in [-0.4, -0.2) is 42.2 Å². The zero-order valence-electron chi connectivity index (χ0n) is 16.3. The number of amidine groups is 1. The molecule has 29 heavy (non-hydrogen) atoms. The van der Waals surface area contributed by atoms with Gasteiger partial charge in [0.05, 0.1) is 24.9 Å². The van der Waals surface area contributed by atoms with Crippen LogP contribution in [-0.2, 0) is 9.59 Å². The van der Waals surface area contributed by atoms with Crippen molar-refractivity contribution in [3.05, 3.63) is 17.2 Å². The molecular formula is C19H23ClN4O4S. The Labute approximate surface area is 178 Å². The molecule has 0 radical (unpaired) electrons. The molecule has 2 fully saturated rings. The first-order chi connectivity index (χ1) is 14.0. The number of amides is 2. The third-order valence-corrected chi connectivity index (χ3v) is 5.98. The molecule has 1 aromatic rings. The van der Waals surface area contributed by atoms with E-state index in [9.17, 15) is 9.59 Å². The SMILES string of the molecule is COc1cc(OC)c(NC(=O)C[C@@H]2S/C(=N/N=C3CCCCC3)NC2=O)cc1Cl. The predicted molar refractivity (Wildman–Crippen MR) is 115 cm³/mol. The van der Waals surface area contributed by atoms with E-state index in [-0.39, 0.29) is 18.2 Å². The molecule has 0 bridgehead atoms. The fourth-order valence-corrected chi connectivity index (χ4v) is 4.25. The number of rotatable bonds is 6. The molecule has 1 saturated heterocycles. The predicted octanol–water partition coefficient (Wildman–Crippen LogP) is 3.59. The summed E-state index contributed by atoms with van der Waals surface area (Å²) in [5.74, 6) is 0.255. The van der Waals surface area contributed by atoms with Crippen molar-refractivity contribution in [3.8, 4) is 11.5 Å². The van der Waals surface area contributed by atoms with Crippen molar-refractivity contribution >= 4 is 51.7 Å². The van der Waals surface area contributed by atoms with Crippen LogP contribution in [0.4, 0.5) is 5.69 Å². The van der Waals surface area contributed by atoms with E-state index < -0.39 is 5.25 Å². The van der Waals surface area contributed by atoms with E-state index in [0.29, 0.717) is 27.4 Å². The number of nitrogens with zero attached hydrogens (tertiary/aromatic N) is 2. The number of benzene rings is 1. The lowest BCUT2D eigenvalue weighted by Gasteiger charge is -2.13. The monoisotopic (exact) mass is 438 g/mol. The molecule has 0 spiro atoms. The van der Waals surface area contributed by atoms with Gasteiger partial charge in [0.15, 0.2) is 5.17 Å². The molecule has 1 saturated carbocycles. The van der Waals surface area contributed by atoms with Gasteiger partial charge in [-0.2, -0.15) is 5.10 Å². The molecule has 3 rings (SSSR count). The summed E-state index contributed by atoms with van der Waals surface area (Å²) in [7, 11) is 2.97. The lowest BCUT2D eigenvalue weighted by molar-refractivity contribution is -0.122. The smallest absolute Gasteiger partial charge is 0.240 e. The van der Waals surface area contributed by atoms with Crippen LogP contribution in [0.2, 0.25) is 5.02 Å². The lowest BCUT2D eigenvalue weighted by Crippen LogP contribution is -2.28. The highest BCUT2D eigenvalue weighted by molar-refractivity contribution is 8.15. The minimum absolute atomic E-state index is 0.0150. The molecular weight excluding hydrogens is 416 g/mol.